The summed E-state index contributed by atoms with van der Waals surface area (Å²) >= 11 is 0. The zero-order valence-corrected chi connectivity index (χ0v) is 11.3. The van der Waals surface area contributed by atoms with Crippen molar-refractivity contribution >= 4 is 11.6 Å². The summed E-state index contributed by atoms with van der Waals surface area (Å²) < 4.78 is 1.57. The van der Waals surface area contributed by atoms with E-state index >= 15 is 0 Å². The van der Waals surface area contributed by atoms with Gasteiger partial charge in [0.15, 0.2) is 0 Å². The average Bonchev–Trinajstić information content (AvgIpc) is 2.82. The van der Waals surface area contributed by atoms with Gasteiger partial charge in [-0.3, -0.25) is 9.48 Å². The van der Waals surface area contributed by atoms with Gasteiger partial charge in [0, 0.05) is 13.1 Å². The summed E-state index contributed by atoms with van der Waals surface area (Å²) in [5.74, 6) is 0.0121. The smallest absolute Gasteiger partial charge is 0.271 e. The maximum absolute atomic E-state index is 12.1. The van der Waals surface area contributed by atoms with Gasteiger partial charge in [0.25, 0.3) is 5.91 Å². The Labute approximate surface area is 117 Å². The maximum Gasteiger partial charge on any atom is 0.271 e. The van der Waals surface area contributed by atoms with Gasteiger partial charge in [-0.05, 0) is 31.0 Å². The number of carbonyl (C=O) groups excluding carboxylic acids is 1. The number of amides is 1. The fourth-order valence-electron chi connectivity index (χ4n) is 1.95. The van der Waals surface area contributed by atoms with Crippen LogP contribution in [0.2, 0.25) is 0 Å². The number of nitrogens with one attached hydrogen (secondary N) is 1. The van der Waals surface area contributed by atoms with E-state index in [2.05, 4.69) is 10.4 Å². The number of aryl methyl sites for hydroxylation is 1. The third-order valence-corrected chi connectivity index (χ3v) is 3.02. The molecule has 2 rings (SSSR count). The predicted molar refractivity (Wildman–Crippen MR) is 76.5 cm³/mol. The molecular weight excluding hydrogens is 256 g/mol. The second-order valence-electron chi connectivity index (χ2n) is 4.44. The van der Waals surface area contributed by atoms with Crippen molar-refractivity contribution < 1.29 is 9.90 Å². The highest BCUT2D eigenvalue weighted by atomic mass is 16.3. The minimum Gasteiger partial charge on any atom is -0.508 e. The van der Waals surface area contributed by atoms with Gasteiger partial charge in [-0.2, -0.15) is 5.10 Å². The zero-order chi connectivity index (χ0) is 14.5. The molecule has 0 saturated carbocycles. The number of benzene rings is 1. The summed E-state index contributed by atoms with van der Waals surface area (Å²) in [7, 11) is 0. The summed E-state index contributed by atoms with van der Waals surface area (Å²) in [6.45, 7) is 3.00. The highest BCUT2D eigenvalue weighted by molar-refractivity contribution is 5.97. The molecule has 0 saturated heterocycles. The molecular formula is C14H18N4O2. The van der Waals surface area contributed by atoms with Crippen LogP contribution >= 0.6 is 0 Å². The molecule has 20 heavy (non-hydrogen) atoms. The first kappa shape index (κ1) is 13.9. The normalized spacial score (nSPS) is 10.4. The molecule has 0 aliphatic carbocycles. The standard InChI is InChI=1S/C14H18N4O2/c1-2-18-13(12(15)9-17-18)14(20)16-8-7-10-3-5-11(19)6-4-10/h3-6,9,19H,2,7-8,15H2,1H3,(H,16,20). The molecule has 6 heteroatoms. The van der Waals surface area contributed by atoms with Crippen LogP contribution in [0.3, 0.4) is 0 Å². The fourth-order valence-corrected chi connectivity index (χ4v) is 1.95. The highest BCUT2D eigenvalue weighted by Gasteiger charge is 2.15. The first-order valence-corrected chi connectivity index (χ1v) is 6.49. The molecule has 0 aliphatic heterocycles. The molecule has 0 bridgehead atoms. The topological polar surface area (TPSA) is 93.2 Å². The van der Waals surface area contributed by atoms with Crippen LogP contribution in [0.4, 0.5) is 5.69 Å². The molecule has 1 amide bonds. The van der Waals surface area contributed by atoms with Gasteiger partial charge in [0.2, 0.25) is 0 Å². The van der Waals surface area contributed by atoms with Crippen LogP contribution in [0, 0.1) is 0 Å². The zero-order valence-electron chi connectivity index (χ0n) is 11.3. The predicted octanol–water partition coefficient (Wildman–Crippen LogP) is 1.16. The second-order valence-corrected chi connectivity index (χ2v) is 4.44. The molecule has 6 nitrogen and oxygen atoms in total. The number of nitrogens with zero attached hydrogens (tertiary/aromatic N) is 2. The SMILES string of the molecule is CCn1ncc(N)c1C(=O)NCCc1ccc(O)cc1. The van der Waals surface area contributed by atoms with Gasteiger partial charge in [-0.15, -0.1) is 0 Å². The number of anilines is 1. The van der Waals surface area contributed by atoms with Crippen LogP contribution in [-0.2, 0) is 13.0 Å². The molecule has 0 spiro atoms. The van der Waals surface area contributed by atoms with Gasteiger partial charge in [-0.25, -0.2) is 0 Å². The highest BCUT2D eigenvalue weighted by Crippen LogP contribution is 2.11. The number of hydrogen-bond acceptors (Lipinski definition) is 4. The average molecular weight is 274 g/mol. The molecule has 0 unspecified atom stereocenters. The lowest BCUT2D eigenvalue weighted by atomic mass is 10.1. The molecule has 4 N–H and O–H groups in total. The molecule has 1 aromatic carbocycles. The number of aromatic hydroxyl groups is 1. The summed E-state index contributed by atoms with van der Waals surface area (Å²) in [5.41, 5.74) is 7.57. The van der Waals surface area contributed by atoms with E-state index < -0.39 is 0 Å². The fraction of sp³-hybridized carbons (Fsp3) is 0.286. The van der Waals surface area contributed by atoms with Crippen LogP contribution < -0.4 is 11.1 Å². The van der Waals surface area contributed by atoms with Crippen molar-refractivity contribution in [3.05, 3.63) is 41.7 Å². The van der Waals surface area contributed by atoms with E-state index in [1.54, 1.807) is 16.8 Å². The van der Waals surface area contributed by atoms with Crippen LogP contribution in [0.5, 0.6) is 5.75 Å². The van der Waals surface area contributed by atoms with Crippen molar-refractivity contribution in [3.8, 4) is 5.75 Å². The first-order chi connectivity index (χ1) is 9.61. The molecule has 0 aliphatic rings. The van der Waals surface area contributed by atoms with E-state index in [9.17, 15) is 9.90 Å². The summed E-state index contributed by atoms with van der Waals surface area (Å²) in [5, 5.41) is 16.0. The largest absolute Gasteiger partial charge is 0.508 e. The van der Waals surface area contributed by atoms with Crippen molar-refractivity contribution in [1.29, 1.82) is 0 Å². The monoisotopic (exact) mass is 274 g/mol. The number of phenolic OH excluding ortho intramolecular Hbond substituents is 1. The number of rotatable bonds is 5. The van der Waals surface area contributed by atoms with Crippen molar-refractivity contribution in [3.63, 3.8) is 0 Å². The summed E-state index contributed by atoms with van der Waals surface area (Å²) in [6.07, 6.45) is 2.17. The Morgan fingerprint density at radius 2 is 2.10 bits per heavy atom. The Hall–Kier alpha value is -2.50. The Bertz CT molecular complexity index is 590. The van der Waals surface area contributed by atoms with Gasteiger partial charge < -0.3 is 16.2 Å². The quantitative estimate of drug-likeness (QED) is 0.762. The lowest BCUT2D eigenvalue weighted by molar-refractivity contribution is 0.0944. The van der Waals surface area contributed by atoms with Gasteiger partial charge in [0.05, 0.1) is 11.9 Å². The first-order valence-electron chi connectivity index (χ1n) is 6.49. The Kier molecular flexibility index (Phi) is 4.24. The molecule has 0 atom stereocenters. The summed E-state index contributed by atoms with van der Waals surface area (Å²) in [6, 6.07) is 6.90. The van der Waals surface area contributed by atoms with Gasteiger partial charge >= 0.3 is 0 Å². The number of aromatic nitrogens is 2. The van der Waals surface area contributed by atoms with Crippen LogP contribution in [-0.4, -0.2) is 27.3 Å². The van der Waals surface area contributed by atoms with E-state index in [0.29, 0.717) is 30.9 Å². The minimum atomic E-state index is -0.222. The van der Waals surface area contributed by atoms with E-state index in [4.69, 9.17) is 5.73 Å². The number of nitrogens with two attached hydrogens (primary N) is 1. The summed E-state index contributed by atoms with van der Waals surface area (Å²) in [4.78, 5) is 12.1. The van der Waals surface area contributed by atoms with E-state index in [0.717, 1.165) is 5.56 Å². The molecule has 1 aromatic heterocycles. The number of carbonyl (C=O) groups is 1. The van der Waals surface area contributed by atoms with Crippen molar-refractivity contribution in [2.75, 3.05) is 12.3 Å². The second kappa shape index (κ2) is 6.10. The third kappa shape index (κ3) is 3.09. The number of hydrogen-bond donors (Lipinski definition) is 3. The molecule has 1 heterocycles. The number of nitrogen functional groups attached to an aromatic ring is 1. The molecule has 106 valence electrons. The van der Waals surface area contributed by atoms with Gasteiger partial charge in [-0.1, -0.05) is 12.1 Å². The van der Waals surface area contributed by atoms with Crippen molar-refractivity contribution in [2.45, 2.75) is 19.9 Å². The molecule has 0 radical (unpaired) electrons. The molecule has 2 aromatic rings. The molecule has 0 fully saturated rings. The lowest BCUT2D eigenvalue weighted by Crippen LogP contribution is -2.28. The van der Waals surface area contributed by atoms with E-state index in [-0.39, 0.29) is 11.7 Å². The maximum atomic E-state index is 12.1. The number of phenols is 1. The minimum absolute atomic E-state index is 0.222. The Balaban J connectivity index is 1.92. The van der Waals surface area contributed by atoms with E-state index in [1.807, 2.05) is 19.1 Å². The van der Waals surface area contributed by atoms with Crippen molar-refractivity contribution in [1.82, 2.24) is 15.1 Å². The Morgan fingerprint density at radius 3 is 2.75 bits per heavy atom. The lowest BCUT2D eigenvalue weighted by Gasteiger charge is -2.08. The van der Waals surface area contributed by atoms with Crippen LogP contribution in [0.1, 0.15) is 23.0 Å². The van der Waals surface area contributed by atoms with Gasteiger partial charge in [0.1, 0.15) is 11.4 Å². The van der Waals surface area contributed by atoms with Crippen LogP contribution in [0.25, 0.3) is 0 Å². The third-order valence-electron chi connectivity index (χ3n) is 3.02. The van der Waals surface area contributed by atoms with Crippen molar-refractivity contribution in [2.24, 2.45) is 0 Å². The Morgan fingerprint density at radius 1 is 1.40 bits per heavy atom. The van der Waals surface area contributed by atoms with Crippen LogP contribution in [0.15, 0.2) is 30.5 Å². The van der Waals surface area contributed by atoms with E-state index in [1.165, 1.54) is 6.20 Å².